The molecule has 0 spiro atoms. The van der Waals surface area contributed by atoms with Crippen molar-refractivity contribution in [3.8, 4) is 0 Å². The Morgan fingerprint density at radius 2 is 2.14 bits per heavy atom. The van der Waals surface area contributed by atoms with Crippen LogP contribution in [0.2, 0.25) is 0 Å². The van der Waals surface area contributed by atoms with Gasteiger partial charge in [-0.3, -0.25) is 9.59 Å². The Morgan fingerprint density at radius 1 is 1.32 bits per heavy atom. The molecule has 1 aliphatic rings. The molecule has 1 unspecified atom stereocenters. The number of aryl methyl sites for hydroxylation is 3. The van der Waals surface area contributed by atoms with Gasteiger partial charge < -0.3 is 15.2 Å². The van der Waals surface area contributed by atoms with Crippen molar-refractivity contribution in [1.29, 1.82) is 0 Å². The summed E-state index contributed by atoms with van der Waals surface area (Å²) in [5, 5.41) is 10.8. The molecule has 2 N–H and O–H groups in total. The minimum absolute atomic E-state index is 0.00132. The number of rotatable bonds is 4. The van der Waals surface area contributed by atoms with Gasteiger partial charge in [-0.2, -0.15) is 9.90 Å². The molecule has 0 radical (unpaired) electrons. The van der Waals surface area contributed by atoms with E-state index in [1.165, 1.54) is 22.3 Å². The summed E-state index contributed by atoms with van der Waals surface area (Å²) in [6, 6.07) is 5.73. The largest absolute Gasteiger partial charge is 0.354 e. The highest BCUT2D eigenvalue weighted by Gasteiger charge is 2.33. The van der Waals surface area contributed by atoms with Crippen molar-refractivity contribution >= 4 is 29.0 Å². The summed E-state index contributed by atoms with van der Waals surface area (Å²) in [5.74, 6) is 0.216. The highest BCUT2D eigenvalue weighted by atomic mass is 32.1. The molecule has 2 amide bonds. The maximum absolute atomic E-state index is 13.1. The first-order valence-corrected chi connectivity index (χ1v) is 9.98. The van der Waals surface area contributed by atoms with Gasteiger partial charge in [-0.25, -0.2) is 0 Å². The van der Waals surface area contributed by atoms with Crippen molar-refractivity contribution in [2.75, 3.05) is 11.9 Å². The molecular weight excluding hydrogens is 376 g/mol. The van der Waals surface area contributed by atoms with E-state index >= 15 is 0 Å². The van der Waals surface area contributed by atoms with E-state index in [0.717, 1.165) is 35.5 Å². The Bertz CT molecular complexity index is 1030. The van der Waals surface area contributed by atoms with Crippen LogP contribution in [0.4, 0.5) is 5.82 Å². The number of aromatic amines is 1. The lowest BCUT2D eigenvalue weighted by atomic mass is 10.1. The molecule has 0 aliphatic carbocycles. The van der Waals surface area contributed by atoms with Gasteiger partial charge in [0, 0.05) is 24.2 Å². The lowest BCUT2D eigenvalue weighted by molar-refractivity contribution is 0.0731. The van der Waals surface area contributed by atoms with E-state index in [4.69, 9.17) is 0 Å². The number of carbonyl (C=O) groups excluding carboxylic acids is 2. The van der Waals surface area contributed by atoms with Crippen LogP contribution in [-0.4, -0.2) is 43.2 Å². The van der Waals surface area contributed by atoms with Crippen LogP contribution in [0, 0.1) is 13.8 Å². The van der Waals surface area contributed by atoms with E-state index in [2.05, 4.69) is 20.5 Å². The summed E-state index contributed by atoms with van der Waals surface area (Å²) < 4.78 is 0. The van der Waals surface area contributed by atoms with Crippen LogP contribution in [0.3, 0.4) is 0 Å². The third-order valence-electron chi connectivity index (χ3n) is 4.90. The lowest BCUT2D eigenvalue weighted by Gasteiger charge is -2.23. The first-order chi connectivity index (χ1) is 13.4. The molecule has 146 valence electrons. The number of nitrogens with zero attached hydrogens (tertiary/aromatic N) is 4. The zero-order valence-corrected chi connectivity index (χ0v) is 16.8. The van der Waals surface area contributed by atoms with Crippen molar-refractivity contribution in [2.24, 2.45) is 7.05 Å². The quantitative estimate of drug-likeness (QED) is 0.706. The zero-order chi connectivity index (χ0) is 19.8. The number of anilines is 1. The second-order valence-electron chi connectivity index (χ2n) is 7.04. The van der Waals surface area contributed by atoms with Crippen molar-refractivity contribution in [3.05, 3.63) is 51.1 Å². The van der Waals surface area contributed by atoms with E-state index in [1.54, 1.807) is 13.1 Å². The van der Waals surface area contributed by atoms with Gasteiger partial charge in [0.15, 0.2) is 5.82 Å². The highest BCUT2D eigenvalue weighted by molar-refractivity contribution is 7.14. The van der Waals surface area contributed by atoms with Gasteiger partial charge in [0.25, 0.3) is 11.8 Å². The predicted molar refractivity (Wildman–Crippen MR) is 107 cm³/mol. The van der Waals surface area contributed by atoms with Crippen LogP contribution >= 0.6 is 11.3 Å². The average Bonchev–Trinajstić information content (AvgIpc) is 3.41. The van der Waals surface area contributed by atoms with Crippen LogP contribution in [0.1, 0.15) is 55.2 Å². The Kier molecular flexibility index (Phi) is 4.76. The van der Waals surface area contributed by atoms with Crippen molar-refractivity contribution in [2.45, 2.75) is 32.7 Å². The number of amides is 2. The first kappa shape index (κ1) is 18.4. The maximum atomic E-state index is 13.1. The minimum atomic E-state index is -0.219. The maximum Gasteiger partial charge on any atom is 0.271 e. The Morgan fingerprint density at radius 3 is 2.82 bits per heavy atom. The number of carbonyl (C=O) groups is 2. The second-order valence-corrected chi connectivity index (χ2v) is 8.16. The molecule has 3 aromatic rings. The Balaban J connectivity index is 1.51. The second kappa shape index (κ2) is 7.23. The summed E-state index contributed by atoms with van der Waals surface area (Å²) in [5.41, 5.74) is 2.60. The van der Waals surface area contributed by atoms with Crippen molar-refractivity contribution in [1.82, 2.24) is 24.9 Å². The summed E-state index contributed by atoms with van der Waals surface area (Å²) >= 11 is 1.42. The standard InChI is InChI=1S/C19H22N6O2S/c1-11-9-12(2)21-17(11)19(27)25-8-4-5-13(25)14-6-7-15(28-14)18(26)22-16-10-20-24(3)23-16/h6-7,9-10,13,21H,4-5,8H2,1-3H3,(H,22,23,26). The van der Waals surface area contributed by atoms with Crippen molar-refractivity contribution < 1.29 is 9.59 Å². The molecule has 8 nitrogen and oxygen atoms in total. The van der Waals surface area contributed by atoms with Gasteiger partial charge in [0.1, 0.15) is 5.69 Å². The van der Waals surface area contributed by atoms with Gasteiger partial charge in [0.05, 0.1) is 17.1 Å². The van der Waals surface area contributed by atoms with Crippen LogP contribution < -0.4 is 5.32 Å². The fraction of sp³-hybridized carbons (Fsp3) is 0.368. The number of likely N-dealkylation sites (tertiary alicyclic amines) is 1. The summed E-state index contributed by atoms with van der Waals surface area (Å²) in [4.78, 5) is 33.6. The van der Waals surface area contributed by atoms with E-state index in [1.807, 2.05) is 30.9 Å². The number of nitrogens with one attached hydrogen (secondary N) is 2. The molecule has 4 heterocycles. The molecule has 1 saturated heterocycles. The molecule has 0 bridgehead atoms. The van der Waals surface area contributed by atoms with Gasteiger partial charge in [-0.1, -0.05) is 0 Å². The number of H-pyrrole nitrogens is 1. The molecule has 0 aromatic carbocycles. The third kappa shape index (κ3) is 3.45. The van der Waals surface area contributed by atoms with Crippen molar-refractivity contribution in [3.63, 3.8) is 0 Å². The number of thiophene rings is 1. The van der Waals surface area contributed by atoms with Gasteiger partial charge in [-0.05, 0) is 50.5 Å². The van der Waals surface area contributed by atoms with Gasteiger partial charge in [0.2, 0.25) is 0 Å². The third-order valence-corrected chi connectivity index (χ3v) is 6.08. The number of hydrogen-bond acceptors (Lipinski definition) is 5. The molecule has 28 heavy (non-hydrogen) atoms. The predicted octanol–water partition coefficient (Wildman–Crippen LogP) is 3.05. The molecule has 1 fully saturated rings. The molecular formula is C19H22N6O2S. The van der Waals surface area contributed by atoms with Gasteiger partial charge >= 0.3 is 0 Å². The molecule has 3 aromatic heterocycles. The lowest BCUT2D eigenvalue weighted by Crippen LogP contribution is -2.30. The summed E-state index contributed by atoms with van der Waals surface area (Å²) in [6.07, 6.45) is 3.36. The number of hydrogen-bond donors (Lipinski definition) is 2. The van der Waals surface area contributed by atoms with Crippen LogP contribution in [0.15, 0.2) is 24.4 Å². The minimum Gasteiger partial charge on any atom is -0.354 e. The highest BCUT2D eigenvalue weighted by Crippen LogP contribution is 2.37. The monoisotopic (exact) mass is 398 g/mol. The summed E-state index contributed by atoms with van der Waals surface area (Å²) in [6.45, 7) is 4.62. The average molecular weight is 398 g/mol. The SMILES string of the molecule is Cc1cc(C)c(C(=O)N2CCCC2c2ccc(C(=O)Nc3cnn(C)n3)s2)[nH]1. The van der Waals surface area contributed by atoms with Crippen LogP contribution in [0.25, 0.3) is 0 Å². The molecule has 0 saturated carbocycles. The van der Waals surface area contributed by atoms with E-state index < -0.39 is 0 Å². The Hall–Kier alpha value is -2.94. The van der Waals surface area contributed by atoms with E-state index in [0.29, 0.717) is 16.4 Å². The molecule has 4 rings (SSSR count). The smallest absolute Gasteiger partial charge is 0.271 e. The van der Waals surface area contributed by atoms with Crippen LogP contribution in [-0.2, 0) is 7.05 Å². The topological polar surface area (TPSA) is 95.9 Å². The Labute approximate surface area is 166 Å². The molecule has 9 heteroatoms. The molecule has 1 aliphatic heterocycles. The summed E-state index contributed by atoms with van der Waals surface area (Å²) in [7, 11) is 1.69. The number of aromatic nitrogens is 4. The molecule has 1 atom stereocenters. The fourth-order valence-corrected chi connectivity index (χ4v) is 4.69. The van der Waals surface area contributed by atoms with E-state index in [9.17, 15) is 9.59 Å². The van der Waals surface area contributed by atoms with Crippen LogP contribution in [0.5, 0.6) is 0 Å². The van der Waals surface area contributed by atoms with Gasteiger partial charge in [-0.15, -0.1) is 16.4 Å². The normalized spacial score (nSPS) is 16.5. The zero-order valence-electron chi connectivity index (χ0n) is 16.0. The fourth-order valence-electron chi connectivity index (χ4n) is 3.64. The first-order valence-electron chi connectivity index (χ1n) is 9.17. The van der Waals surface area contributed by atoms with E-state index in [-0.39, 0.29) is 17.9 Å².